The van der Waals surface area contributed by atoms with Gasteiger partial charge in [-0.1, -0.05) is 20.3 Å². The van der Waals surface area contributed by atoms with Gasteiger partial charge in [0.2, 0.25) is 0 Å². The van der Waals surface area contributed by atoms with Crippen molar-refractivity contribution in [1.29, 1.82) is 0 Å². The zero-order chi connectivity index (χ0) is 11.6. The first-order valence-electron chi connectivity index (χ1n) is 6.73. The molecule has 2 fully saturated rings. The van der Waals surface area contributed by atoms with Crippen LogP contribution in [0, 0.1) is 5.41 Å². The zero-order valence-electron chi connectivity index (χ0n) is 10.7. The van der Waals surface area contributed by atoms with Crippen LogP contribution in [0.2, 0.25) is 0 Å². The first-order valence-corrected chi connectivity index (χ1v) is 6.73. The Morgan fingerprint density at radius 3 is 2.69 bits per heavy atom. The highest BCUT2D eigenvalue weighted by Crippen LogP contribution is 2.34. The quantitative estimate of drug-likeness (QED) is 0.748. The Morgan fingerprint density at radius 1 is 1.44 bits per heavy atom. The predicted molar refractivity (Wildman–Crippen MR) is 66.4 cm³/mol. The third-order valence-electron chi connectivity index (χ3n) is 4.05. The van der Waals surface area contributed by atoms with Gasteiger partial charge in [0.05, 0.1) is 13.2 Å². The zero-order valence-corrected chi connectivity index (χ0v) is 10.7. The van der Waals surface area contributed by atoms with Crippen LogP contribution in [0.4, 0.5) is 0 Å². The van der Waals surface area contributed by atoms with E-state index in [2.05, 4.69) is 18.7 Å². The number of ether oxygens (including phenoxy) is 1. The van der Waals surface area contributed by atoms with Crippen molar-refractivity contribution in [2.75, 3.05) is 26.3 Å². The summed E-state index contributed by atoms with van der Waals surface area (Å²) >= 11 is 0. The first kappa shape index (κ1) is 12.3. The molecule has 0 spiro atoms. The van der Waals surface area contributed by atoms with Crippen LogP contribution in [-0.2, 0) is 4.74 Å². The second-order valence-corrected chi connectivity index (χ2v) is 5.83. The van der Waals surface area contributed by atoms with Gasteiger partial charge in [0.25, 0.3) is 0 Å². The molecule has 3 heteroatoms. The molecule has 2 rings (SSSR count). The van der Waals surface area contributed by atoms with E-state index in [1.807, 2.05) is 0 Å². The molecule has 0 bridgehead atoms. The molecule has 2 atom stereocenters. The van der Waals surface area contributed by atoms with E-state index in [9.17, 15) is 0 Å². The molecule has 2 unspecified atom stereocenters. The minimum absolute atomic E-state index is 0.177. The Labute approximate surface area is 99.3 Å². The van der Waals surface area contributed by atoms with E-state index in [4.69, 9.17) is 10.5 Å². The maximum Gasteiger partial charge on any atom is 0.0624 e. The van der Waals surface area contributed by atoms with Crippen molar-refractivity contribution in [3.05, 3.63) is 0 Å². The van der Waals surface area contributed by atoms with Gasteiger partial charge in [-0.3, -0.25) is 4.90 Å². The number of nitrogens with zero attached hydrogens (tertiary/aromatic N) is 1. The van der Waals surface area contributed by atoms with Crippen LogP contribution < -0.4 is 5.73 Å². The molecule has 1 aliphatic carbocycles. The maximum atomic E-state index is 6.16. The second kappa shape index (κ2) is 5.03. The van der Waals surface area contributed by atoms with Crippen LogP contribution in [0.5, 0.6) is 0 Å². The molecule has 1 heterocycles. The van der Waals surface area contributed by atoms with Crippen molar-refractivity contribution in [3.8, 4) is 0 Å². The van der Waals surface area contributed by atoms with E-state index >= 15 is 0 Å². The summed E-state index contributed by atoms with van der Waals surface area (Å²) in [4.78, 5) is 2.65. The lowest BCUT2D eigenvalue weighted by Gasteiger charge is -2.34. The third-order valence-corrected chi connectivity index (χ3v) is 4.05. The molecule has 2 aliphatic rings. The van der Waals surface area contributed by atoms with Gasteiger partial charge in [-0.2, -0.15) is 0 Å². The Hall–Kier alpha value is -0.120. The summed E-state index contributed by atoms with van der Waals surface area (Å²) in [6.45, 7) is 8.48. The summed E-state index contributed by atoms with van der Waals surface area (Å²) in [6, 6.07) is 1.06. The van der Waals surface area contributed by atoms with Crippen molar-refractivity contribution < 1.29 is 4.74 Å². The number of hydrogen-bond acceptors (Lipinski definition) is 3. The molecule has 1 saturated carbocycles. The van der Waals surface area contributed by atoms with Crippen molar-refractivity contribution in [1.82, 2.24) is 4.90 Å². The minimum atomic E-state index is 0.177. The van der Waals surface area contributed by atoms with E-state index in [0.29, 0.717) is 0 Å². The molecule has 1 saturated heterocycles. The fourth-order valence-corrected chi connectivity index (χ4v) is 2.55. The van der Waals surface area contributed by atoms with E-state index in [1.54, 1.807) is 0 Å². The van der Waals surface area contributed by atoms with E-state index in [0.717, 1.165) is 25.8 Å². The molecule has 0 aromatic rings. The Balaban J connectivity index is 1.88. The molecule has 3 nitrogen and oxygen atoms in total. The molecule has 0 radical (unpaired) electrons. The lowest BCUT2D eigenvalue weighted by molar-refractivity contribution is 0.114. The monoisotopic (exact) mass is 226 g/mol. The summed E-state index contributed by atoms with van der Waals surface area (Å²) in [7, 11) is 0. The van der Waals surface area contributed by atoms with Crippen LogP contribution in [0.15, 0.2) is 0 Å². The summed E-state index contributed by atoms with van der Waals surface area (Å²) in [6.07, 6.45) is 5.36. The fourth-order valence-electron chi connectivity index (χ4n) is 2.55. The molecular formula is C13H26N2O. The van der Waals surface area contributed by atoms with Gasteiger partial charge in [-0.25, -0.2) is 0 Å². The number of nitrogens with two attached hydrogens (primary N) is 1. The summed E-state index contributed by atoms with van der Waals surface area (Å²) in [5.74, 6) is 0. The standard InChI is InChI=1S/C13H26N2O/c1-3-4-7-15(11-5-6-11)9-13(2)10-16-8-12(13)14/h11-12H,3-10,14H2,1-2H3. The second-order valence-electron chi connectivity index (χ2n) is 5.83. The van der Waals surface area contributed by atoms with Gasteiger partial charge in [-0.05, 0) is 25.8 Å². The average molecular weight is 226 g/mol. The maximum absolute atomic E-state index is 6.16. The molecule has 0 amide bonds. The van der Waals surface area contributed by atoms with Gasteiger partial charge < -0.3 is 10.5 Å². The summed E-state index contributed by atoms with van der Waals surface area (Å²) in [5.41, 5.74) is 6.34. The van der Waals surface area contributed by atoms with Crippen molar-refractivity contribution in [2.24, 2.45) is 11.1 Å². The Kier molecular flexibility index (Phi) is 3.88. The van der Waals surface area contributed by atoms with Crippen molar-refractivity contribution in [2.45, 2.75) is 51.6 Å². The molecular weight excluding hydrogens is 200 g/mol. The van der Waals surface area contributed by atoms with Gasteiger partial charge in [0, 0.05) is 24.0 Å². The Bertz CT molecular complexity index is 230. The normalized spacial score (nSPS) is 34.9. The summed E-state index contributed by atoms with van der Waals surface area (Å²) in [5, 5.41) is 0. The molecule has 2 N–H and O–H groups in total. The molecule has 94 valence electrons. The van der Waals surface area contributed by atoms with Gasteiger partial charge in [0.15, 0.2) is 0 Å². The third kappa shape index (κ3) is 2.76. The van der Waals surface area contributed by atoms with Crippen LogP contribution >= 0.6 is 0 Å². The van der Waals surface area contributed by atoms with Crippen LogP contribution in [0.25, 0.3) is 0 Å². The van der Waals surface area contributed by atoms with Crippen molar-refractivity contribution >= 4 is 0 Å². The smallest absolute Gasteiger partial charge is 0.0624 e. The van der Waals surface area contributed by atoms with E-state index in [-0.39, 0.29) is 11.5 Å². The highest BCUT2D eigenvalue weighted by Gasteiger charge is 2.41. The minimum Gasteiger partial charge on any atom is -0.379 e. The van der Waals surface area contributed by atoms with Crippen LogP contribution in [-0.4, -0.2) is 43.3 Å². The largest absolute Gasteiger partial charge is 0.379 e. The fraction of sp³-hybridized carbons (Fsp3) is 1.00. The van der Waals surface area contributed by atoms with Gasteiger partial charge >= 0.3 is 0 Å². The molecule has 0 aromatic carbocycles. The number of unbranched alkanes of at least 4 members (excludes halogenated alkanes) is 1. The number of hydrogen-bond donors (Lipinski definition) is 1. The average Bonchev–Trinajstić information content (AvgIpc) is 3.03. The summed E-state index contributed by atoms with van der Waals surface area (Å²) < 4.78 is 5.53. The first-order chi connectivity index (χ1) is 7.65. The van der Waals surface area contributed by atoms with E-state index < -0.39 is 0 Å². The predicted octanol–water partition coefficient (Wildman–Crippen LogP) is 1.61. The highest BCUT2D eigenvalue weighted by atomic mass is 16.5. The van der Waals surface area contributed by atoms with Crippen LogP contribution in [0.1, 0.15) is 39.5 Å². The topological polar surface area (TPSA) is 38.5 Å². The SMILES string of the molecule is CCCCN(CC1(C)COCC1N)C1CC1. The lowest BCUT2D eigenvalue weighted by Crippen LogP contribution is -2.47. The molecule has 1 aliphatic heterocycles. The van der Waals surface area contributed by atoms with Gasteiger partial charge in [-0.15, -0.1) is 0 Å². The van der Waals surface area contributed by atoms with E-state index in [1.165, 1.54) is 32.2 Å². The highest BCUT2D eigenvalue weighted by molar-refractivity contribution is 4.95. The lowest BCUT2D eigenvalue weighted by atomic mass is 9.85. The van der Waals surface area contributed by atoms with Crippen LogP contribution in [0.3, 0.4) is 0 Å². The van der Waals surface area contributed by atoms with Crippen molar-refractivity contribution in [3.63, 3.8) is 0 Å². The molecule has 0 aromatic heterocycles. The Morgan fingerprint density at radius 2 is 2.19 bits per heavy atom. The number of rotatable bonds is 6. The molecule has 16 heavy (non-hydrogen) atoms. The van der Waals surface area contributed by atoms with Gasteiger partial charge in [0.1, 0.15) is 0 Å².